The molecule has 104 valence electrons. The quantitative estimate of drug-likeness (QED) is 0.686. The lowest BCUT2D eigenvalue weighted by atomic mass is 9.91. The number of esters is 1. The zero-order chi connectivity index (χ0) is 13.3. The monoisotopic (exact) mass is 252 g/mol. The van der Waals surface area contributed by atoms with Gasteiger partial charge in [-0.1, -0.05) is 20.3 Å². The molecule has 2 nitrogen and oxygen atoms in total. The number of hydrogen-bond acceptors (Lipinski definition) is 2. The van der Waals surface area contributed by atoms with E-state index in [-0.39, 0.29) is 17.5 Å². The molecular formula is C16H28O2. The summed E-state index contributed by atoms with van der Waals surface area (Å²) in [6.07, 6.45) is 7.03. The van der Waals surface area contributed by atoms with Crippen molar-refractivity contribution in [1.29, 1.82) is 0 Å². The van der Waals surface area contributed by atoms with Crippen LogP contribution >= 0.6 is 0 Å². The molecule has 2 saturated carbocycles. The third-order valence-corrected chi connectivity index (χ3v) is 4.82. The van der Waals surface area contributed by atoms with Crippen molar-refractivity contribution in [1.82, 2.24) is 0 Å². The highest BCUT2D eigenvalue weighted by Gasteiger charge is 2.44. The Morgan fingerprint density at radius 2 is 1.94 bits per heavy atom. The van der Waals surface area contributed by atoms with Gasteiger partial charge in [-0.3, -0.25) is 4.79 Å². The van der Waals surface area contributed by atoms with Gasteiger partial charge in [0.25, 0.3) is 0 Å². The molecule has 2 rings (SSSR count). The maximum atomic E-state index is 12.4. The van der Waals surface area contributed by atoms with Gasteiger partial charge in [-0.2, -0.15) is 0 Å². The average Bonchev–Trinajstić information content (AvgIpc) is 3.04. The summed E-state index contributed by atoms with van der Waals surface area (Å²) in [6, 6.07) is 0. The predicted octanol–water partition coefficient (Wildman–Crippen LogP) is 4.18. The molecule has 0 aliphatic heterocycles. The van der Waals surface area contributed by atoms with Gasteiger partial charge >= 0.3 is 5.97 Å². The zero-order valence-corrected chi connectivity index (χ0v) is 12.4. The molecule has 18 heavy (non-hydrogen) atoms. The molecule has 0 aromatic rings. The topological polar surface area (TPSA) is 26.3 Å². The Morgan fingerprint density at radius 3 is 2.50 bits per heavy atom. The Bertz CT molecular complexity index is 304. The Kier molecular flexibility index (Phi) is 4.03. The summed E-state index contributed by atoms with van der Waals surface area (Å²) in [5.41, 5.74) is -0.236. The summed E-state index contributed by atoms with van der Waals surface area (Å²) in [6.45, 7) is 8.63. The number of hydrogen-bond donors (Lipinski definition) is 0. The summed E-state index contributed by atoms with van der Waals surface area (Å²) in [5, 5.41) is 0. The summed E-state index contributed by atoms with van der Waals surface area (Å²) < 4.78 is 5.83. The smallest absolute Gasteiger partial charge is 0.309 e. The lowest BCUT2D eigenvalue weighted by molar-refractivity contribution is -0.165. The fourth-order valence-corrected chi connectivity index (χ4v) is 3.58. The molecule has 2 aliphatic carbocycles. The van der Waals surface area contributed by atoms with Crippen LogP contribution in [0.1, 0.15) is 66.2 Å². The Morgan fingerprint density at radius 1 is 1.28 bits per heavy atom. The number of ether oxygens (including phenoxy) is 1. The minimum atomic E-state index is -0.236. The van der Waals surface area contributed by atoms with Crippen LogP contribution in [-0.4, -0.2) is 11.6 Å². The molecule has 0 amide bonds. The van der Waals surface area contributed by atoms with Gasteiger partial charge in [-0.05, 0) is 63.7 Å². The summed E-state index contributed by atoms with van der Waals surface area (Å²) >= 11 is 0. The summed E-state index contributed by atoms with van der Waals surface area (Å²) in [7, 11) is 0. The molecule has 2 heteroatoms. The third kappa shape index (κ3) is 3.07. The average molecular weight is 252 g/mol. The van der Waals surface area contributed by atoms with E-state index < -0.39 is 0 Å². The molecule has 0 bridgehead atoms. The van der Waals surface area contributed by atoms with Crippen LogP contribution < -0.4 is 0 Å². The van der Waals surface area contributed by atoms with E-state index in [2.05, 4.69) is 27.7 Å². The highest BCUT2D eigenvalue weighted by Crippen LogP contribution is 2.44. The first-order chi connectivity index (χ1) is 8.44. The second kappa shape index (κ2) is 5.22. The molecule has 2 fully saturated rings. The van der Waals surface area contributed by atoms with Gasteiger partial charge in [-0.15, -0.1) is 0 Å². The van der Waals surface area contributed by atoms with Crippen molar-refractivity contribution in [2.75, 3.05) is 0 Å². The molecule has 0 N–H and O–H groups in total. The van der Waals surface area contributed by atoms with E-state index in [9.17, 15) is 4.79 Å². The molecule has 2 aliphatic rings. The molecule has 0 aromatic carbocycles. The molecule has 0 aromatic heterocycles. The van der Waals surface area contributed by atoms with Gasteiger partial charge in [0.2, 0.25) is 0 Å². The zero-order valence-electron chi connectivity index (χ0n) is 12.4. The largest absolute Gasteiger partial charge is 0.459 e. The maximum Gasteiger partial charge on any atom is 0.309 e. The molecule has 0 spiro atoms. The Hall–Kier alpha value is -0.530. The van der Waals surface area contributed by atoms with Gasteiger partial charge < -0.3 is 4.74 Å². The van der Waals surface area contributed by atoms with Crippen LogP contribution in [0.5, 0.6) is 0 Å². The lowest BCUT2D eigenvalue weighted by Gasteiger charge is -2.28. The minimum Gasteiger partial charge on any atom is -0.459 e. The van der Waals surface area contributed by atoms with Gasteiger partial charge in [-0.25, -0.2) is 0 Å². The summed E-state index contributed by atoms with van der Waals surface area (Å²) in [5.74, 6) is 2.09. The molecular weight excluding hydrogens is 224 g/mol. The predicted molar refractivity (Wildman–Crippen MR) is 73.2 cm³/mol. The van der Waals surface area contributed by atoms with E-state index in [4.69, 9.17) is 4.74 Å². The van der Waals surface area contributed by atoms with E-state index in [0.717, 1.165) is 6.42 Å². The van der Waals surface area contributed by atoms with Crippen molar-refractivity contribution >= 4 is 5.97 Å². The van der Waals surface area contributed by atoms with Crippen LogP contribution in [-0.2, 0) is 9.53 Å². The first-order valence-electron chi connectivity index (χ1n) is 7.67. The summed E-state index contributed by atoms with van der Waals surface area (Å²) in [4.78, 5) is 12.4. The van der Waals surface area contributed by atoms with Crippen molar-refractivity contribution in [2.45, 2.75) is 71.8 Å². The van der Waals surface area contributed by atoms with Crippen molar-refractivity contribution < 1.29 is 9.53 Å². The number of rotatable bonds is 5. The molecule has 0 radical (unpaired) electrons. The molecule has 0 heterocycles. The third-order valence-electron chi connectivity index (χ3n) is 4.82. The normalized spacial score (nSPS) is 32.6. The maximum absolute atomic E-state index is 12.4. The first-order valence-corrected chi connectivity index (χ1v) is 7.67. The van der Waals surface area contributed by atoms with Gasteiger partial charge in [0.1, 0.15) is 5.60 Å². The van der Waals surface area contributed by atoms with E-state index in [0.29, 0.717) is 17.8 Å². The highest BCUT2D eigenvalue weighted by atomic mass is 16.6. The van der Waals surface area contributed by atoms with E-state index >= 15 is 0 Å². The van der Waals surface area contributed by atoms with E-state index in [1.807, 2.05) is 0 Å². The Labute approximate surface area is 111 Å². The minimum absolute atomic E-state index is 0.0784. The van der Waals surface area contributed by atoms with Gasteiger partial charge in [0.15, 0.2) is 0 Å². The first kappa shape index (κ1) is 13.9. The van der Waals surface area contributed by atoms with Crippen LogP contribution in [0.3, 0.4) is 0 Å². The van der Waals surface area contributed by atoms with Crippen molar-refractivity contribution in [2.24, 2.45) is 23.7 Å². The van der Waals surface area contributed by atoms with Gasteiger partial charge in [0.05, 0.1) is 5.92 Å². The second-order valence-electron chi connectivity index (χ2n) is 7.03. The van der Waals surface area contributed by atoms with Crippen LogP contribution in [0, 0.1) is 23.7 Å². The van der Waals surface area contributed by atoms with Crippen molar-refractivity contribution in [3.8, 4) is 0 Å². The van der Waals surface area contributed by atoms with Crippen LogP contribution in [0.4, 0.5) is 0 Å². The SMILES string of the molecule is CCCC1CC(C)CC1C(=O)OC(C)(C)C1CC1. The van der Waals surface area contributed by atoms with Gasteiger partial charge in [0, 0.05) is 0 Å². The van der Waals surface area contributed by atoms with Crippen molar-refractivity contribution in [3.63, 3.8) is 0 Å². The fourth-order valence-electron chi connectivity index (χ4n) is 3.58. The second-order valence-corrected chi connectivity index (χ2v) is 7.03. The van der Waals surface area contributed by atoms with Crippen LogP contribution in [0.2, 0.25) is 0 Å². The number of carbonyl (C=O) groups is 1. The van der Waals surface area contributed by atoms with Crippen LogP contribution in [0.15, 0.2) is 0 Å². The van der Waals surface area contributed by atoms with E-state index in [1.165, 1.54) is 32.1 Å². The Balaban J connectivity index is 1.94. The number of carbonyl (C=O) groups excluding carboxylic acids is 1. The molecule has 3 unspecified atom stereocenters. The van der Waals surface area contributed by atoms with E-state index in [1.54, 1.807) is 0 Å². The molecule has 0 saturated heterocycles. The van der Waals surface area contributed by atoms with Crippen LogP contribution in [0.25, 0.3) is 0 Å². The highest BCUT2D eigenvalue weighted by molar-refractivity contribution is 5.73. The van der Waals surface area contributed by atoms with Crippen molar-refractivity contribution in [3.05, 3.63) is 0 Å². The standard InChI is InChI=1S/C16H28O2/c1-5-6-12-9-11(2)10-14(12)15(17)18-16(3,4)13-7-8-13/h11-14H,5-10H2,1-4H3. The molecule has 3 atom stereocenters. The fraction of sp³-hybridized carbons (Fsp3) is 0.938. The lowest BCUT2D eigenvalue weighted by Crippen LogP contribution is -2.34.